The molecule has 0 atom stereocenters. The van der Waals surface area contributed by atoms with Crippen molar-refractivity contribution in [3.05, 3.63) is 47.4 Å². The molecule has 0 aromatic heterocycles. The molecule has 14 heavy (non-hydrogen) atoms. The van der Waals surface area contributed by atoms with Crippen LogP contribution in [0.1, 0.15) is 12.8 Å². The molecule has 0 aliphatic heterocycles. The van der Waals surface area contributed by atoms with Crippen LogP contribution in [0.5, 0.6) is 0 Å². The highest BCUT2D eigenvalue weighted by Crippen LogP contribution is 2.30. The number of nitrogens with two attached hydrogens (primary N) is 1. The summed E-state index contributed by atoms with van der Waals surface area (Å²) in [5.74, 6) is 0. The lowest BCUT2D eigenvalue weighted by Gasteiger charge is -2.06. The van der Waals surface area contributed by atoms with Crippen LogP contribution in [-0.4, -0.2) is 0 Å². The predicted molar refractivity (Wildman–Crippen MR) is 63.2 cm³/mol. The Morgan fingerprint density at radius 1 is 1.07 bits per heavy atom. The number of rotatable bonds is 2. The summed E-state index contributed by atoms with van der Waals surface area (Å²) in [5.41, 5.74) is 6.44. The number of hydrogen-bond acceptors (Lipinski definition) is 2. The van der Waals surface area contributed by atoms with Crippen molar-refractivity contribution in [1.29, 1.82) is 0 Å². The summed E-state index contributed by atoms with van der Waals surface area (Å²) in [6, 6.07) is 8.00. The van der Waals surface area contributed by atoms with E-state index in [1.165, 1.54) is 16.2 Å². The molecule has 0 heterocycles. The fourth-order valence-corrected chi connectivity index (χ4v) is 2.25. The number of allylic oxidation sites excluding steroid dienone is 3. The second-order valence-electron chi connectivity index (χ2n) is 3.26. The van der Waals surface area contributed by atoms with Crippen molar-refractivity contribution in [2.24, 2.45) is 0 Å². The van der Waals surface area contributed by atoms with Gasteiger partial charge in [0.05, 0.1) is 0 Å². The van der Waals surface area contributed by atoms with Crippen molar-refractivity contribution in [3.8, 4) is 0 Å². The van der Waals surface area contributed by atoms with Crippen LogP contribution in [0.2, 0.25) is 0 Å². The Kier molecular flexibility index (Phi) is 2.94. The van der Waals surface area contributed by atoms with Gasteiger partial charge in [-0.25, -0.2) is 0 Å². The van der Waals surface area contributed by atoms with E-state index in [0.29, 0.717) is 0 Å². The lowest BCUT2D eigenvalue weighted by atomic mass is 10.2. The Morgan fingerprint density at radius 3 is 2.50 bits per heavy atom. The molecule has 1 aromatic rings. The largest absolute Gasteiger partial charge is 0.399 e. The minimum Gasteiger partial charge on any atom is -0.399 e. The van der Waals surface area contributed by atoms with Crippen molar-refractivity contribution in [3.63, 3.8) is 0 Å². The van der Waals surface area contributed by atoms with E-state index in [1.807, 2.05) is 12.1 Å². The van der Waals surface area contributed by atoms with Crippen LogP contribution < -0.4 is 5.73 Å². The molecular weight excluding hydrogens is 190 g/mol. The van der Waals surface area contributed by atoms with E-state index in [9.17, 15) is 0 Å². The van der Waals surface area contributed by atoms with Crippen molar-refractivity contribution >= 4 is 17.4 Å². The summed E-state index contributed by atoms with van der Waals surface area (Å²) in [4.78, 5) is 2.58. The van der Waals surface area contributed by atoms with E-state index >= 15 is 0 Å². The molecule has 1 aliphatic carbocycles. The molecule has 0 saturated carbocycles. The fraction of sp³-hybridized carbons (Fsp3) is 0.167. The average Bonchev–Trinajstić information content (AvgIpc) is 2.23. The quantitative estimate of drug-likeness (QED) is 0.743. The van der Waals surface area contributed by atoms with Crippen LogP contribution in [0, 0.1) is 0 Å². The van der Waals surface area contributed by atoms with Gasteiger partial charge >= 0.3 is 0 Å². The van der Waals surface area contributed by atoms with Crippen LogP contribution in [0.3, 0.4) is 0 Å². The van der Waals surface area contributed by atoms with Gasteiger partial charge in [0.2, 0.25) is 0 Å². The molecule has 1 aromatic carbocycles. The molecule has 0 amide bonds. The molecule has 2 rings (SSSR count). The minimum absolute atomic E-state index is 0.822. The first-order chi connectivity index (χ1) is 6.84. The third-order valence-electron chi connectivity index (χ3n) is 2.08. The van der Waals surface area contributed by atoms with E-state index < -0.39 is 0 Å². The zero-order valence-corrected chi connectivity index (χ0v) is 8.76. The van der Waals surface area contributed by atoms with Gasteiger partial charge in [0.15, 0.2) is 0 Å². The minimum atomic E-state index is 0.822. The van der Waals surface area contributed by atoms with Gasteiger partial charge in [-0.3, -0.25) is 0 Å². The summed E-state index contributed by atoms with van der Waals surface area (Å²) in [6.45, 7) is 0. The van der Waals surface area contributed by atoms with Gasteiger partial charge in [0.25, 0.3) is 0 Å². The van der Waals surface area contributed by atoms with Gasteiger partial charge in [0.1, 0.15) is 0 Å². The Balaban J connectivity index is 2.07. The van der Waals surface area contributed by atoms with Crippen molar-refractivity contribution in [2.45, 2.75) is 17.7 Å². The van der Waals surface area contributed by atoms with Gasteiger partial charge in [-0.2, -0.15) is 0 Å². The van der Waals surface area contributed by atoms with Crippen molar-refractivity contribution in [2.75, 3.05) is 5.73 Å². The van der Waals surface area contributed by atoms with Crippen molar-refractivity contribution in [1.82, 2.24) is 0 Å². The lowest BCUT2D eigenvalue weighted by Crippen LogP contribution is -1.83. The standard InChI is InChI=1S/C12H13NS/c13-10-6-8-12(9-7-10)14-11-4-2-1-3-5-11/h2,4-9H,1,3,13H2. The maximum Gasteiger partial charge on any atom is 0.0314 e. The van der Waals surface area contributed by atoms with Gasteiger partial charge in [-0.05, 0) is 37.1 Å². The van der Waals surface area contributed by atoms with Gasteiger partial charge in [-0.15, -0.1) is 0 Å². The SMILES string of the molecule is Nc1ccc(SC2=CCCC=C2)cc1. The van der Waals surface area contributed by atoms with Crippen LogP contribution >= 0.6 is 11.8 Å². The molecule has 0 radical (unpaired) electrons. The third kappa shape index (κ3) is 2.42. The average molecular weight is 203 g/mol. The highest BCUT2D eigenvalue weighted by atomic mass is 32.2. The molecule has 0 fully saturated rings. The predicted octanol–water partition coefficient (Wildman–Crippen LogP) is 3.59. The first-order valence-corrected chi connectivity index (χ1v) is 5.56. The molecule has 1 nitrogen and oxygen atoms in total. The lowest BCUT2D eigenvalue weighted by molar-refractivity contribution is 1.03. The van der Waals surface area contributed by atoms with Crippen LogP contribution in [0.25, 0.3) is 0 Å². The number of thioether (sulfide) groups is 1. The first-order valence-electron chi connectivity index (χ1n) is 4.75. The molecule has 0 unspecified atom stereocenters. The van der Waals surface area contributed by atoms with E-state index in [0.717, 1.165) is 12.1 Å². The molecule has 2 heteroatoms. The Morgan fingerprint density at radius 2 is 1.86 bits per heavy atom. The molecular formula is C12H13NS. The highest BCUT2D eigenvalue weighted by molar-refractivity contribution is 8.03. The second-order valence-corrected chi connectivity index (χ2v) is 4.40. The topological polar surface area (TPSA) is 26.0 Å². The second kappa shape index (κ2) is 4.38. The van der Waals surface area contributed by atoms with Crippen LogP contribution in [0.4, 0.5) is 5.69 Å². The summed E-state index contributed by atoms with van der Waals surface area (Å²) in [6.07, 6.45) is 9.02. The molecule has 0 bridgehead atoms. The first kappa shape index (κ1) is 9.41. The number of nitrogen functional groups attached to an aromatic ring is 1. The van der Waals surface area contributed by atoms with Crippen LogP contribution in [-0.2, 0) is 0 Å². The molecule has 0 saturated heterocycles. The molecule has 0 spiro atoms. The summed E-state index contributed by atoms with van der Waals surface area (Å²) in [5, 5.41) is 0. The van der Waals surface area contributed by atoms with Crippen LogP contribution in [0.15, 0.2) is 52.3 Å². The Bertz CT molecular complexity index is 362. The Labute approximate surface area is 88.7 Å². The third-order valence-corrected chi connectivity index (χ3v) is 3.12. The summed E-state index contributed by atoms with van der Waals surface area (Å²) >= 11 is 1.79. The molecule has 2 N–H and O–H groups in total. The van der Waals surface area contributed by atoms with E-state index in [-0.39, 0.29) is 0 Å². The highest BCUT2D eigenvalue weighted by Gasteiger charge is 1.99. The zero-order chi connectivity index (χ0) is 9.80. The van der Waals surface area contributed by atoms with Crippen molar-refractivity contribution < 1.29 is 0 Å². The monoisotopic (exact) mass is 203 g/mol. The fourth-order valence-electron chi connectivity index (χ4n) is 1.34. The number of anilines is 1. The van der Waals surface area contributed by atoms with Gasteiger partial charge in [-0.1, -0.05) is 30.0 Å². The molecule has 1 aliphatic rings. The van der Waals surface area contributed by atoms with E-state index in [4.69, 9.17) is 5.73 Å². The number of benzene rings is 1. The normalized spacial score (nSPS) is 15.3. The maximum absolute atomic E-state index is 5.62. The van der Waals surface area contributed by atoms with E-state index in [2.05, 4.69) is 30.4 Å². The van der Waals surface area contributed by atoms with Gasteiger partial charge < -0.3 is 5.73 Å². The van der Waals surface area contributed by atoms with Gasteiger partial charge in [0, 0.05) is 15.5 Å². The Hall–Kier alpha value is -1.15. The summed E-state index contributed by atoms with van der Waals surface area (Å²) < 4.78 is 0. The number of hydrogen-bond donors (Lipinski definition) is 1. The zero-order valence-electron chi connectivity index (χ0n) is 7.94. The molecule has 72 valence electrons. The summed E-state index contributed by atoms with van der Waals surface area (Å²) in [7, 11) is 0. The van der Waals surface area contributed by atoms with E-state index in [1.54, 1.807) is 11.8 Å². The smallest absolute Gasteiger partial charge is 0.0314 e. The maximum atomic E-state index is 5.62.